The Labute approximate surface area is 151 Å². The van der Waals surface area contributed by atoms with Crippen molar-refractivity contribution >= 4 is 17.2 Å². The van der Waals surface area contributed by atoms with Gasteiger partial charge in [-0.1, -0.05) is 30.3 Å². The summed E-state index contributed by atoms with van der Waals surface area (Å²) in [7, 11) is 0. The van der Waals surface area contributed by atoms with E-state index in [1.54, 1.807) is 11.3 Å². The van der Waals surface area contributed by atoms with E-state index >= 15 is 0 Å². The van der Waals surface area contributed by atoms with E-state index in [-0.39, 0.29) is 11.9 Å². The maximum absolute atomic E-state index is 12.3. The van der Waals surface area contributed by atoms with Gasteiger partial charge in [0, 0.05) is 55.1 Å². The predicted molar refractivity (Wildman–Crippen MR) is 101 cm³/mol. The minimum absolute atomic E-state index is 0.0132. The van der Waals surface area contributed by atoms with Crippen LogP contribution in [0, 0.1) is 0 Å². The minimum atomic E-state index is 0.0132. The lowest BCUT2D eigenvalue weighted by Crippen LogP contribution is -2.48. The third kappa shape index (κ3) is 3.67. The molecule has 1 aromatic carbocycles. The van der Waals surface area contributed by atoms with Crippen molar-refractivity contribution in [1.82, 2.24) is 14.8 Å². The molecule has 128 valence electrons. The molecule has 0 saturated heterocycles. The molecule has 3 heterocycles. The summed E-state index contributed by atoms with van der Waals surface area (Å²) in [6.07, 6.45) is 2.13. The molecule has 0 spiro atoms. The number of rotatable bonds is 5. The van der Waals surface area contributed by atoms with Crippen LogP contribution in [0.5, 0.6) is 0 Å². The number of thiophene rings is 1. The Morgan fingerprint density at radius 3 is 2.84 bits per heavy atom. The molecule has 1 amide bonds. The van der Waals surface area contributed by atoms with Crippen molar-refractivity contribution in [3.63, 3.8) is 0 Å². The van der Waals surface area contributed by atoms with Crippen molar-refractivity contribution in [1.29, 1.82) is 0 Å². The molecule has 4 rings (SSSR count). The molecule has 1 unspecified atom stereocenters. The van der Waals surface area contributed by atoms with Crippen LogP contribution in [0.1, 0.15) is 21.6 Å². The Bertz CT molecular complexity index is 826. The summed E-state index contributed by atoms with van der Waals surface area (Å²) in [5.41, 5.74) is 3.38. The molecule has 1 N–H and O–H groups in total. The first-order valence-electron chi connectivity index (χ1n) is 8.52. The Kier molecular flexibility index (Phi) is 4.68. The van der Waals surface area contributed by atoms with E-state index < -0.39 is 0 Å². The van der Waals surface area contributed by atoms with Gasteiger partial charge < -0.3 is 9.88 Å². The summed E-state index contributed by atoms with van der Waals surface area (Å²) >= 11 is 1.55. The summed E-state index contributed by atoms with van der Waals surface area (Å²) in [4.78, 5) is 14.7. The second-order valence-corrected chi connectivity index (χ2v) is 7.20. The highest BCUT2D eigenvalue weighted by atomic mass is 32.1. The lowest BCUT2D eigenvalue weighted by atomic mass is 10.1. The largest absolute Gasteiger partial charge is 0.350 e. The molecule has 1 aliphatic heterocycles. The van der Waals surface area contributed by atoms with E-state index in [9.17, 15) is 4.79 Å². The van der Waals surface area contributed by atoms with Crippen molar-refractivity contribution in [3.8, 4) is 0 Å². The van der Waals surface area contributed by atoms with Gasteiger partial charge in [-0.2, -0.15) is 11.3 Å². The molecular weight excluding hydrogens is 330 g/mol. The summed E-state index contributed by atoms with van der Waals surface area (Å²) < 4.78 is 2.29. The second-order valence-electron chi connectivity index (χ2n) is 6.42. The molecule has 0 fully saturated rings. The van der Waals surface area contributed by atoms with E-state index in [1.165, 1.54) is 11.3 Å². The molecule has 0 bridgehead atoms. The number of carbonyl (C=O) groups is 1. The van der Waals surface area contributed by atoms with Gasteiger partial charge in [-0.25, -0.2) is 0 Å². The highest BCUT2D eigenvalue weighted by Crippen LogP contribution is 2.20. The van der Waals surface area contributed by atoms with Crippen molar-refractivity contribution in [2.24, 2.45) is 0 Å². The molecule has 5 heteroatoms. The van der Waals surface area contributed by atoms with Crippen LogP contribution >= 0.6 is 11.3 Å². The number of nitrogens with zero attached hydrogens (tertiary/aromatic N) is 2. The van der Waals surface area contributed by atoms with E-state index in [0.717, 1.165) is 25.2 Å². The molecule has 0 radical (unpaired) electrons. The highest BCUT2D eigenvalue weighted by molar-refractivity contribution is 7.08. The summed E-state index contributed by atoms with van der Waals surface area (Å²) in [5.74, 6) is 0.0132. The fourth-order valence-electron chi connectivity index (χ4n) is 3.35. The van der Waals surface area contributed by atoms with Gasteiger partial charge >= 0.3 is 0 Å². The van der Waals surface area contributed by atoms with Crippen LogP contribution in [0.3, 0.4) is 0 Å². The van der Waals surface area contributed by atoms with Crippen LogP contribution in [0.15, 0.2) is 65.5 Å². The van der Waals surface area contributed by atoms with Crippen LogP contribution in [0.4, 0.5) is 0 Å². The number of nitrogens with one attached hydrogen (secondary N) is 1. The normalized spacial score (nSPS) is 17.2. The van der Waals surface area contributed by atoms with Crippen LogP contribution in [0.2, 0.25) is 0 Å². The molecule has 1 aliphatic rings. The van der Waals surface area contributed by atoms with Gasteiger partial charge in [0.05, 0.1) is 0 Å². The van der Waals surface area contributed by atoms with Gasteiger partial charge in [0.25, 0.3) is 5.91 Å². The predicted octanol–water partition coefficient (Wildman–Crippen LogP) is 3.36. The molecule has 0 saturated carbocycles. The van der Waals surface area contributed by atoms with Gasteiger partial charge in [0.2, 0.25) is 0 Å². The Hall–Kier alpha value is -2.37. The molecular formula is C20H21N3OS. The van der Waals surface area contributed by atoms with Crippen molar-refractivity contribution < 1.29 is 4.79 Å². The number of benzene rings is 1. The number of aromatic nitrogens is 1. The third-order valence-corrected chi connectivity index (χ3v) is 5.41. The first-order chi connectivity index (χ1) is 12.3. The summed E-state index contributed by atoms with van der Waals surface area (Å²) in [6, 6.07) is 17.0. The number of hydrogen-bond donors (Lipinski definition) is 1. The van der Waals surface area contributed by atoms with E-state index in [0.29, 0.717) is 6.54 Å². The first kappa shape index (κ1) is 16.1. The number of hydrogen-bond acceptors (Lipinski definition) is 3. The zero-order valence-corrected chi connectivity index (χ0v) is 14.8. The average Bonchev–Trinajstić information content (AvgIpc) is 3.32. The summed E-state index contributed by atoms with van der Waals surface area (Å²) in [5, 5.41) is 6.93. The molecule has 25 heavy (non-hydrogen) atoms. The van der Waals surface area contributed by atoms with Crippen molar-refractivity contribution in [3.05, 3.63) is 82.3 Å². The topological polar surface area (TPSA) is 37.3 Å². The van der Waals surface area contributed by atoms with Crippen molar-refractivity contribution in [2.45, 2.75) is 25.7 Å². The third-order valence-electron chi connectivity index (χ3n) is 4.72. The lowest BCUT2D eigenvalue weighted by molar-refractivity contribution is 0.0899. The monoisotopic (exact) mass is 351 g/mol. The molecule has 2 aromatic heterocycles. The smallest absolute Gasteiger partial charge is 0.252 e. The number of amides is 1. The molecule has 3 aromatic rings. The summed E-state index contributed by atoms with van der Waals surface area (Å²) in [6.45, 7) is 3.35. The molecule has 1 atom stereocenters. The number of carbonyl (C=O) groups excluding carboxylic acids is 1. The Morgan fingerprint density at radius 1 is 1.16 bits per heavy atom. The second kappa shape index (κ2) is 7.25. The first-order valence-corrected chi connectivity index (χ1v) is 9.46. The van der Waals surface area contributed by atoms with Gasteiger partial charge in [-0.3, -0.25) is 9.69 Å². The fourth-order valence-corrected chi connectivity index (χ4v) is 3.99. The van der Waals surface area contributed by atoms with E-state index in [4.69, 9.17) is 0 Å². The van der Waals surface area contributed by atoms with Crippen molar-refractivity contribution in [2.75, 3.05) is 6.54 Å². The molecule has 4 nitrogen and oxygen atoms in total. The highest BCUT2D eigenvalue weighted by Gasteiger charge is 2.26. The molecule has 0 aliphatic carbocycles. The van der Waals surface area contributed by atoms with Crippen LogP contribution in [-0.4, -0.2) is 28.0 Å². The van der Waals surface area contributed by atoms with Crippen LogP contribution < -0.4 is 5.32 Å². The number of fused-ring (bicyclic) bond motifs is 1. The van der Waals surface area contributed by atoms with Gasteiger partial charge in [-0.05, 0) is 29.1 Å². The van der Waals surface area contributed by atoms with Crippen LogP contribution in [0.25, 0.3) is 0 Å². The average molecular weight is 351 g/mol. The fraction of sp³-hybridized carbons (Fsp3) is 0.250. The maximum atomic E-state index is 12.3. The van der Waals surface area contributed by atoms with Gasteiger partial charge in [0.1, 0.15) is 0 Å². The standard InChI is InChI=1S/C20H21N3OS/c24-20(17-8-10-25-15-17)21-11-19-14-22-9-4-7-18(22)13-23(19)12-16-5-2-1-3-6-16/h1-10,15,19H,11-14H2,(H,21,24). The van der Waals surface area contributed by atoms with Gasteiger partial charge in [0.15, 0.2) is 0 Å². The maximum Gasteiger partial charge on any atom is 0.252 e. The Balaban J connectivity index is 1.47. The minimum Gasteiger partial charge on any atom is -0.350 e. The lowest BCUT2D eigenvalue weighted by Gasteiger charge is -2.37. The van der Waals surface area contributed by atoms with E-state index in [2.05, 4.69) is 57.4 Å². The quantitative estimate of drug-likeness (QED) is 0.765. The van der Waals surface area contributed by atoms with E-state index in [1.807, 2.05) is 22.9 Å². The zero-order valence-electron chi connectivity index (χ0n) is 14.0. The van der Waals surface area contributed by atoms with Gasteiger partial charge in [-0.15, -0.1) is 0 Å². The Morgan fingerprint density at radius 2 is 2.04 bits per heavy atom. The zero-order chi connectivity index (χ0) is 17.1. The van der Waals surface area contributed by atoms with Crippen LogP contribution in [-0.2, 0) is 19.6 Å². The SMILES string of the molecule is O=C(NCC1Cn2cccc2CN1Cc1ccccc1)c1ccsc1.